The highest BCUT2D eigenvalue weighted by Crippen LogP contribution is 2.23. The van der Waals surface area contributed by atoms with Crippen molar-refractivity contribution in [3.63, 3.8) is 0 Å². The molecule has 4 nitrogen and oxygen atoms in total. The third-order valence-electron chi connectivity index (χ3n) is 4.29. The number of aliphatic hydroxyl groups is 1. The fraction of sp³-hybridized carbons (Fsp3) is 0.588. The zero-order valence-corrected chi connectivity index (χ0v) is 12.5. The van der Waals surface area contributed by atoms with Crippen LogP contribution >= 0.6 is 0 Å². The number of hydrogen-bond donors (Lipinski definition) is 2. The summed E-state index contributed by atoms with van der Waals surface area (Å²) in [7, 11) is 0. The predicted octanol–water partition coefficient (Wildman–Crippen LogP) is 3.08. The van der Waals surface area contributed by atoms with Gasteiger partial charge in [-0.3, -0.25) is 0 Å². The molecular formula is C17H25NO3. The minimum absolute atomic E-state index is 0.146. The van der Waals surface area contributed by atoms with Gasteiger partial charge in [-0.1, -0.05) is 43.5 Å². The number of benzene rings is 1. The van der Waals surface area contributed by atoms with Crippen molar-refractivity contribution in [2.75, 3.05) is 13.2 Å². The molecule has 0 radical (unpaired) electrons. The fourth-order valence-corrected chi connectivity index (χ4v) is 3.15. The van der Waals surface area contributed by atoms with Gasteiger partial charge in [0.2, 0.25) is 0 Å². The summed E-state index contributed by atoms with van der Waals surface area (Å²) in [5, 5.41) is 18.4. The van der Waals surface area contributed by atoms with E-state index in [1.54, 1.807) is 4.90 Å². The largest absolute Gasteiger partial charge is 0.465 e. The zero-order chi connectivity index (χ0) is 15.1. The summed E-state index contributed by atoms with van der Waals surface area (Å²) >= 11 is 0. The third-order valence-corrected chi connectivity index (χ3v) is 4.29. The molecule has 21 heavy (non-hydrogen) atoms. The van der Waals surface area contributed by atoms with Crippen LogP contribution in [0.4, 0.5) is 4.79 Å². The van der Waals surface area contributed by atoms with Crippen LogP contribution < -0.4 is 0 Å². The molecule has 2 rings (SSSR count). The topological polar surface area (TPSA) is 60.8 Å². The number of nitrogens with zero attached hydrogens (tertiary/aromatic N) is 1. The van der Waals surface area contributed by atoms with Crippen LogP contribution in [0, 0.1) is 0 Å². The van der Waals surface area contributed by atoms with Gasteiger partial charge < -0.3 is 15.1 Å². The molecule has 0 aliphatic heterocycles. The summed E-state index contributed by atoms with van der Waals surface area (Å²) in [4.78, 5) is 13.1. The van der Waals surface area contributed by atoms with E-state index in [-0.39, 0.29) is 12.6 Å². The zero-order valence-electron chi connectivity index (χ0n) is 12.5. The standard InChI is InChI=1S/C17H25NO3/c19-12-10-15-6-4-5-14(13-15)9-11-18(17(20)21)16-7-2-1-3-8-16/h4-6,13,16,19H,1-3,7-12H2,(H,20,21). The number of aliphatic hydroxyl groups excluding tert-OH is 1. The third kappa shape index (κ3) is 4.74. The van der Waals surface area contributed by atoms with Gasteiger partial charge in [-0.2, -0.15) is 0 Å². The molecule has 0 unspecified atom stereocenters. The lowest BCUT2D eigenvalue weighted by Crippen LogP contribution is -2.41. The Labute approximate surface area is 126 Å². The van der Waals surface area contributed by atoms with Gasteiger partial charge >= 0.3 is 6.09 Å². The van der Waals surface area contributed by atoms with Crippen LogP contribution in [0.2, 0.25) is 0 Å². The van der Waals surface area contributed by atoms with Gasteiger partial charge in [0.05, 0.1) is 0 Å². The first-order chi connectivity index (χ1) is 10.2. The minimum atomic E-state index is -0.798. The van der Waals surface area contributed by atoms with Crippen molar-refractivity contribution in [2.24, 2.45) is 0 Å². The first-order valence-corrected chi connectivity index (χ1v) is 7.89. The van der Waals surface area contributed by atoms with E-state index in [9.17, 15) is 9.90 Å². The molecule has 1 amide bonds. The quantitative estimate of drug-likeness (QED) is 0.846. The van der Waals surface area contributed by atoms with Gasteiger partial charge in [0.15, 0.2) is 0 Å². The first-order valence-electron chi connectivity index (χ1n) is 7.89. The normalized spacial score (nSPS) is 15.9. The molecule has 1 aromatic carbocycles. The Balaban J connectivity index is 1.94. The lowest BCUT2D eigenvalue weighted by Gasteiger charge is -2.32. The fourth-order valence-electron chi connectivity index (χ4n) is 3.15. The highest BCUT2D eigenvalue weighted by molar-refractivity contribution is 5.65. The monoisotopic (exact) mass is 291 g/mol. The second-order valence-electron chi connectivity index (χ2n) is 5.81. The van der Waals surface area contributed by atoms with Gasteiger partial charge in [-0.25, -0.2) is 4.79 Å². The molecule has 1 aliphatic carbocycles. The Hall–Kier alpha value is -1.55. The summed E-state index contributed by atoms with van der Waals surface area (Å²) in [5.41, 5.74) is 2.25. The van der Waals surface area contributed by atoms with Crippen LogP contribution in [0.3, 0.4) is 0 Å². The van der Waals surface area contributed by atoms with Crippen LogP contribution in [-0.2, 0) is 12.8 Å². The first kappa shape index (κ1) is 15.8. The molecule has 0 heterocycles. The van der Waals surface area contributed by atoms with E-state index < -0.39 is 6.09 Å². The molecule has 1 aromatic rings. The number of carbonyl (C=O) groups is 1. The Morgan fingerprint density at radius 2 is 1.81 bits per heavy atom. The van der Waals surface area contributed by atoms with Crippen molar-refractivity contribution in [1.29, 1.82) is 0 Å². The van der Waals surface area contributed by atoms with E-state index in [0.717, 1.165) is 43.2 Å². The maximum atomic E-state index is 11.5. The Morgan fingerprint density at radius 1 is 1.14 bits per heavy atom. The van der Waals surface area contributed by atoms with Crippen molar-refractivity contribution in [1.82, 2.24) is 4.90 Å². The molecule has 1 fully saturated rings. The second kappa shape index (κ2) is 8.03. The van der Waals surface area contributed by atoms with Crippen LogP contribution in [0.5, 0.6) is 0 Å². The van der Waals surface area contributed by atoms with Crippen LogP contribution in [0.25, 0.3) is 0 Å². The van der Waals surface area contributed by atoms with Crippen molar-refractivity contribution in [3.05, 3.63) is 35.4 Å². The number of hydrogen-bond acceptors (Lipinski definition) is 2. The summed E-state index contributed by atoms with van der Waals surface area (Å²) in [5.74, 6) is 0. The van der Waals surface area contributed by atoms with Gasteiger partial charge in [0, 0.05) is 19.2 Å². The number of carboxylic acid groups (broad SMARTS) is 1. The van der Waals surface area contributed by atoms with E-state index in [4.69, 9.17) is 5.11 Å². The smallest absolute Gasteiger partial charge is 0.407 e. The molecule has 1 saturated carbocycles. The molecule has 4 heteroatoms. The summed E-state index contributed by atoms with van der Waals surface area (Å²) < 4.78 is 0. The molecule has 0 saturated heterocycles. The van der Waals surface area contributed by atoms with Crippen LogP contribution in [0.1, 0.15) is 43.2 Å². The SMILES string of the molecule is O=C(O)N(CCc1cccc(CCO)c1)C1CCCCC1. The maximum absolute atomic E-state index is 11.5. The number of amides is 1. The lowest BCUT2D eigenvalue weighted by molar-refractivity contribution is 0.112. The predicted molar refractivity (Wildman–Crippen MR) is 82.5 cm³/mol. The molecule has 0 bridgehead atoms. The Kier molecular flexibility index (Phi) is 6.05. The summed E-state index contributed by atoms with van der Waals surface area (Å²) in [6, 6.07) is 8.26. The van der Waals surface area contributed by atoms with Gasteiger partial charge in [-0.05, 0) is 36.8 Å². The maximum Gasteiger partial charge on any atom is 0.407 e. The highest BCUT2D eigenvalue weighted by atomic mass is 16.4. The summed E-state index contributed by atoms with van der Waals surface area (Å²) in [6.07, 6.45) is 6.09. The molecule has 0 aromatic heterocycles. The minimum Gasteiger partial charge on any atom is -0.465 e. The van der Waals surface area contributed by atoms with Gasteiger partial charge in [-0.15, -0.1) is 0 Å². The van der Waals surface area contributed by atoms with Crippen LogP contribution in [0.15, 0.2) is 24.3 Å². The molecule has 2 N–H and O–H groups in total. The van der Waals surface area contributed by atoms with E-state index >= 15 is 0 Å². The molecule has 0 atom stereocenters. The molecular weight excluding hydrogens is 266 g/mol. The molecule has 0 spiro atoms. The lowest BCUT2D eigenvalue weighted by atomic mass is 9.94. The van der Waals surface area contributed by atoms with Crippen molar-refractivity contribution in [3.8, 4) is 0 Å². The van der Waals surface area contributed by atoms with E-state index in [1.807, 2.05) is 18.2 Å². The highest BCUT2D eigenvalue weighted by Gasteiger charge is 2.24. The van der Waals surface area contributed by atoms with Crippen molar-refractivity contribution in [2.45, 2.75) is 51.0 Å². The molecule has 116 valence electrons. The van der Waals surface area contributed by atoms with Crippen molar-refractivity contribution < 1.29 is 15.0 Å². The average Bonchev–Trinajstić information content (AvgIpc) is 2.49. The number of rotatable bonds is 6. The average molecular weight is 291 g/mol. The van der Waals surface area contributed by atoms with Gasteiger partial charge in [0.25, 0.3) is 0 Å². The Morgan fingerprint density at radius 3 is 2.43 bits per heavy atom. The van der Waals surface area contributed by atoms with E-state index in [2.05, 4.69) is 6.07 Å². The Bertz CT molecular complexity index is 455. The van der Waals surface area contributed by atoms with Gasteiger partial charge in [0.1, 0.15) is 0 Å². The second-order valence-corrected chi connectivity index (χ2v) is 5.81. The molecule has 1 aliphatic rings. The van der Waals surface area contributed by atoms with Crippen molar-refractivity contribution >= 4 is 6.09 Å². The summed E-state index contributed by atoms with van der Waals surface area (Å²) in [6.45, 7) is 0.704. The van der Waals surface area contributed by atoms with E-state index in [0.29, 0.717) is 13.0 Å². The van der Waals surface area contributed by atoms with E-state index in [1.165, 1.54) is 6.42 Å². The van der Waals surface area contributed by atoms with Crippen LogP contribution in [-0.4, -0.2) is 40.4 Å².